The van der Waals surface area contributed by atoms with Crippen molar-refractivity contribution in [3.05, 3.63) is 187 Å². The van der Waals surface area contributed by atoms with Crippen LogP contribution in [0, 0.1) is 0 Å². The summed E-state index contributed by atoms with van der Waals surface area (Å²) in [6, 6.07) is 50.8. The van der Waals surface area contributed by atoms with Crippen molar-refractivity contribution in [2.24, 2.45) is 0 Å². The average molecular weight is 623 g/mol. The Morgan fingerprint density at radius 2 is 1.15 bits per heavy atom. The Morgan fingerprint density at radius 3 is 1.71 bits per heavy atom. The summed E-state index contributed by atoms with van der Waals surface area (Å²) in [7, 11) is 4.12. The summed E-state index contributed by atoms with van der Waals surface area (Å²) in [6.07, 6.45) is 8.06. The summed E-state index contributed by atoms with van der Waals surface area (Å²) in [5, 5.41) is 5.55. The van der Waals surface area contributed by atoms with Gasteiger partial charge in [-0.3, -0.25) is 14.1 Å². The van der Waals surface area contributed by atoms with Crippen molar-refractivity contribution in [3.63, 3.8) is 0 Å². The molecular weight excluding hydrogens is 589 g/mol. The van der Waals surface area contributed by atoms with Crippen molar-refractivity contribution in [1.29, 1.82) is 0 Å². The van der Waals surface area contributed by atoms with Gasteiger partial charge in [0.25, 0.3) is 0 Å². The van der Waals surface area contributed by atoms with Crippen LogP contribution in [0.2, 0.25) is 0 Å². The molecule has 232 valence electrons. The van der Waals surface area contributed by atoms with Gasteiger partial charge in [-0.25, -0.2) is 4.98 Å². The van der Waals surface area contributed by atoms with Crippen LogP contribution in [0.25, 0.3) is 39.4 Å². The van der Waals surface area contributed by atoms with E-state index in [4.69, 9.17) is 10.1 Å². The number of fused-ring (bicyclic) bond motifs is 1. The summed E-state index contributed by atoms with van der Waals surface area (Å²) in [6.45, 7) is 0. The fourth-order valence-corrected chi connectivity index (χ4v) is 6.67. The fraction of sp³-hybridized carbons (Fsp3) is 0.0714. The van der Waals surface area contributed by atoms with Crippen LogP contribution in [-0.4, -0.2) is 38.2 Å². The molecule has 6 heteroatoms. The third-order valence-electron chi connectivity index (χ3n) is 9.03. The lowest BCUT2D eigenvalue weighted by atomic mass is 9.77. The summed E-state index contributed by atoms with van der Waals surface area (Å²) in [5.74, 6) is 0. The van der Waals surface area contributed by atoms with E-state index < -0.39 is 5.54 Å². The van der Waals surface area contributed by atoms with Gasteiger partial charge in [-0.15, -0.1) is 0 Å². The molecule has 6 nitrogen and oxygen atoms in total. The van der Waals surface area contributed by atoms with Gasteiger partial charge >= 0.3 is 0 Å². The van der Waals surface area contributed by atoms with Gasteiger partial charge in [0.2, 0.25) is 0 Å². The van der Waals surface area contributed by atoms with E-state index in [1.165, 1.54) is 0 Å². The van der Waals surface area contributed by atoms with Crippen molar-refractivity contribution in [2.45, 2.75) is 5.54 Å². The van der Waals surface area contributed by atoms with Crippen LogP contribution in [0.5, 0.6) is 0 Å². The fourth-order valence-electron chi connectivity index (χ4n) is 6.67. The molecule has 0 spiro atoms. The third kappa shape index (κ3) is 4.95. The van der Waals surface area contributed by atoms with E-state index in [0.717, 1.165) is 61.8 Å². The predicted octanol–water partition coefficient (Wildman–Crippen LogP) is 8.83. The van der Waals surface area contributed by atoms with Gasteiger partial charge in [-0.1, -0.05) is 109 Å². The molecular formula is C42H34N6. The molecule has 4 aromatic carbocycles. The number of pyridine rings is 2. The summed E-state index contributed by atoms with van der Waals surface area (Å²) >= 11 is 0. The molecule has 8 rings (SSSR count). The van der Waals surface area contributed by atoms with E-state index in [1.54, 1.807) is 0 Å². The lowest BCUT2D eigenvalue weighted by Gasteiger charge is -2.36. The van der Waals surface area contributed by atoms with Gasteiger partial charge in [-0.05, 0) is 53.1 Å². The highest BCUT2D eigenvalue weighted by Crippen LogP contribution is 2.43. The van der Waals surface area contributed by atoms with Crippen LogP contribution in [0.4, 0.5) is 5.69 Å². The number of nitrogens with zero attached hydrogens (tertiary/aromatic N) is 6. The van der Waals surface area contributed by atoms with Crippen molar-refractivity contribution in [2.75, 3.05) is 19.0 Å². The van der Waals surface area contributed by atoms with Crippen LogP contribution in [0.1, 0.15) is 16.7 Å². The first-order chi connectivity index (χ1) is 23.6. The molecule has 0 saturated carbocycles. The molecule has 0 amide bonds. The Bertz CT molecular complexity index is 2190. The normalized spacial score (nSPS) is 11.5. The number of hydrogen-bond donors (Lipinski definition) is 0. The Labute approximate surface area is 280 Å². The van der Waals surface area contributed by atoms with Crippen LogP contribution < -0.4 is 4.90 Å². The van der Waals surface area contributed by atoms with Gasteiger partial charge in [0.15, 0.2) is 0 Å². The van der Waals surface area contributed by atoms with E-state index >= 15 is 0 Å². The minimum absolute atomic E-state index is 0.751. The summed E-state index contributed by atoms with van der Waals surface area (Å²) in [5.41, 5.74) is 10.4. The van der Waals surface area contributed by atoms with Gasteiger partial charge < -0.3 is 4.90 Å². The van der Waals surface area contributed by atoms with Crippen LogP contribution in [0.15, 0.2) is 170 Å². The molecule has 0 aliphatic heterocycles. The molecule has 4 aromatic heterocycles. The van der Waals surface area contributed by atoms with Crippen LogP contribution in [0.3, 0.4) is 0 Å². The molecule has 0 N–H and O–H groups in total. The van der Waals surface area contributed by atoms with E-state index in [0.29, 0.717) is 0 Å². The molecule has 0 unspecified atom stereocenters. The minimum atomic E-state index is -0.751. The van der Waals surface area contributed by atoms with Crippen molar-refractivity contribution >= 4 is 11.3 Å². The maximum atomic E-state index is 5.55. The second-order valence-corrected chi connectivity index (χ2v) is 12.1. The maximum Gasteiger partial charge on any atom is 0.138 e. The van der Waals surface area contributed by atoms with Gasteiger partial charge in [0, 0.05) is 55.1 Å². The second kappa shape index (κ2) is 12.2. The number of aromatic nitrogens is 5. The maximum absolute atomic E-state index is 5.55. The van der Waals surface area contributed by atoms with E-state index in [2.05, 4.69) is 173 Å². The third-order valence-corrected chi connectivity index (χ3v) is 9.03. The lowest BCUT2D eigenvalue weighted by molar-refractivity contribution is 0.461. The van der Waals surface area contributed by atoms with E-state index in [9.17, 15) is 0 Å². The number of imidazole rings is 1. The molecule has 0 atom stereocenters. The molecule has 0 aliphatic rings. The topological polar surface area (TPSA) is 51.2 Å². The van der Waals surface area contributed by atoms with Crippen molar-refractivity contribution < 1.29 is 0 Å². The quantitative estimate of drug-likeness (QED) is 0.159. The zero-order chi connectivity index (χ0) is 32.5. The molecule has 0 saturated heterocycles. The Kier molecular flexibility index (Phi) is 7.38. The minimum Gasteiger partial charge on any atom is -0.378 e. The molecule has 0 fully saturated rings. The number of benzene rings is 4. The molecule has 48 heavy (non-hydrogen) atoms. The lowest BCUT2D eigenvalue weighted by Crippen LogP contribution is -2.38. The van der Waals surface area contributed by atoms with E-state index in [1.807, 2.05) is 30.6 Å². The SMILES string of the molecule is CN(C)c1ccc(-c2nn(C(c3ccccc3)(c3ccccc3)c3ccccc3)cc2-c2ccc3ncc(-c4ccccn4)n3c2)cc1. The molecule has 0 radical (unpaired) electrons. The first-order valence-electron chi connectivity index (χ1n) is 16.1. The highest BCUT2D eigenvalue weighted by Gasteiger charge is 2.40. The zero-order valence-corrected chi connectivity index (χ0v) is 26.8. The molecule has 0 aliphatic carbocycles. The predicted molar refractivity (Wildman–Crippen MR) is 194 cm³/mol. The van der Waals surface area contributed by atoms with Crippen LogP contribution in [-0.2, 0) is 5.54 Å². The Morgan fingerprint density at radius 1 is 0.562 bits per heavy atom. The Balaban J connectivity index is 1.43. The first-order valence-corrected chi connectivity index (χ1v) is 16.1. The molecule has 8 aromatic rings. The molecule has 4 heterocycles. The average Bonchev–Trinajstić information content (AvgIpc) is 3.79. The largest absolute Gasteiger partial charge is 0.378 e. The standard InChI is InChI=1S/C42H34N6/c1-46(2)36-24-21-31(22-25-36)41-37(32-23-26-40-44-28-39(47(40)29-32)38-20-12-13-27-43-38)30-48(45-41)42(33-14-6-3-7-15-33,34-16-8-4-9-17-34)35-18-10-5-11-19-35/h3-30H,1-2H3. The van der Waals surface area contributed by atoms with Crippen LogP contribution >= 0.6 is 0 Å². The highest BCUT2D eigenvalue weighted by molar-refractivity contribution is 5.82. The van der Waals surface area contributed by atoms with Gasteiger partial charge in [-0.2, -0.15) is 5.10 Å². The summed E-state index contributed by atoms with van der Waals surface area (Å²) < 4.78 is 4.28. The van der Waals surface area contributed by atoms with Gasteiger partial charge in [0.05, 0.1) is 17.6 Å². The van der Waals surface area contributed by atoms with Crippen molar-refractivity contribution in [3.8, 4) is 33.8 Å². The van der Waals surface area contributed by atoms with E-state index in [-0.39, 0.29) is 0 Å². The second-order valence-electron chi connectivity index (χ2n) is 12.1. The first kappa shape index (κ1) is 29.2. The number of hydrogen-bond acceptors (Lipinski definition) is 4. The van der Waals surface area contributed by atoms with Gasteiger partial charge in [0.1, 0.15) is 16.9 Å². The summed E-state index contributed by atoms with van der Waals surface area (Å²) in [4.78, 5) is 11.4. The zero-order valence-electron chi connectivity index (χ0n) is 26.8. The monoisotopic (exact) mass is 622 g/mol. The highest BCUT2D eigenvalue weighted by atomic mass is 15.3. The smallest absolute Gasteiger partial charge is 0.138 e. The number of anilines is 1. The molecule has 0 bridgehead atoms. The van der Waals surface area contributed by atoms with Crippen molar-refractivity contribution in [1.82, 2.24) is 24.1 Å². The Hall–Kier alpha value is -6.27. The number of rotatable bonds is 8.